The molecule has 3 aromatic carbocycles. The standard InChI is InChI=1S/C29H38N6O5/c1-19-4-7-22(10-25(19)15-32-38)13-30-28(36)35(18-24-9-6-21(3)27(12-24)17-34-40)29(37)31-14-23-8-5-20(2)26(11-23)16-33-39/h4-12,32-34,38-40H,13-18H2,1-3H3,(H,30,36)(H,31,37). The Morgan fingerprint density at radius 2 is 0.925 bits per heavy atom. The monoisotopic (exact) mass is 550 g/mol. The summed E-state index contributed by atoms with van der Waals surface area (Å²) in [6.45, 7) is 6.94. The smallest absolute Gasteiger partial charge is 0.326 e. The number of hydroxylamine groups is 3. The van der Waals surface area contributed by atoms with Gasteiger partial charge in [-0.15, -0.1) is 0 Å². The Bertz CT molecular complexity index is 1240. The normalized spacial score (nSPS) is 10.8. The molecule has 3 rings (SSSR count). The minimum atomic E-state index is -0.573. The summed E-state index contributed by atoms with van der Waals surface area (Å²) >= 11 is 0. The summed E-state index contributed by atoms with van der Waals surface area (Å²) in [6.07, 6.45) is 0. The molecule has 0 saturated heterocycles. The summed E-state index contributed by atoms with van der Waals surface area (Å²) in [6, 6.07) is 15.8. The van der Waals surface area contributed by atoms with E-state index >= 15 is 0 Å². The van der Waals surface area contributed by atoms with Gasteiger partial charge in [-0.2, -0.15) is 0 Å². The van der Waals surface area contributed by atoms with Gasteiger partial charge in [0.15, 0.2) is 0 Å². The average molecular weight is 551 g/mol. The van der Waals surface area contributed by atoms with Crippen LogP contribution in [0.25, 0.3) is 0 Å². The number of nitrogens with zero attached hydrogens (tertiary/aromatic N) is 1. The van der Waals surface area contributed by atoms with Gasteiger partial charge in [-0.1, -0.05) is 54.6 Å². The van der Waals surface area contributed by atoms with Crippen LogP contribution in [0.4, 0.5) is 9.59 Å². The minimum Gasteiger partial charge on any atom is -0.333 e. The van der Waals surface area contributed by atoms with Gasteiger partial charge in [0.2, 0.25) is 0 Å². The molecule has 3 aromatic rings. The molecule has 0 aliphatic carbocycles. The van der Waals surface area contributed by atoms with Crippen molar-refractivity contribution in [2.75, 3.05) is 0 Å². The number of urea groups is 2. The maximum absolute atomic E-state index is 13.3. The first kappa shape index (κ1) is 30.7. The van der Waals surface area contributed by atoms with Crippen molar-refractivity contribution in [1.82, 2.24) is 32.0 Å². The Kier molecular flexibility index (Phi) is 11.6. The predicted molar refractivity (Wildman–Crippen MR) is 149 cm³/mol. The molecule has 214 valence electrons. The van der Waals surface area contributed by atoms with E-state index in [1.54, 1.807) is 0 Å². The number of carbonyl (C=O) groups excluding carboxylic acids is 2. The molecule has 11 nitrogen and oxygen atoms in total. The number of nitrogens with one attached hydrogen (secondary N) is 5. The van der Waals surface area contributed by atoms with Gasteiger partial charge in [0.1, 0.15) is 0 Å². The topological polar surface area (TPSA) is 158 Å². The lowest BCUT2D eigenvalue weighted by Crippen LogP contribution is -2.47. The highest BCUT2D eigenvalue weighted by molar-refractivity contribution is 5.93. The average Bonchev–Trinajstić information content (AvgIpc) is 2.94. The second kappa shape index (κ2) is 15.1. The lowest BCUT2D eigenvalue weighted by atomic mass is 10.0. The number of hydrogen-bond acceptors (Lipinski definition) is 8. The molecule has 0 aliphatic rings. The van der Waals surface area contributed by atoms with Gasteiger partial charge in [0.25, 0.3) is 0 Å². The van der Waals surface area contributed by atoms with E-state index in [2.05, 4.69) is 27.1 Å². The lowest BCUT2D eigenvalue weighted by Gasteiger charge is -2.23. The first-order valence-electron chi connectivity index (χ1n) is 12.9. The van der Waals surface area contributed by atoms with Crippen molar-refractivity contribution in [3.8, 4) is 0 Å². The highest BCUT2D eigenvalue weighted by Gasteiger charge is 2.22. The van der Waals surface area contributed by atoms with Gasteiger partial charge in [0.05, 0.1) is 6.54 Å². The van der Waals surface area contributed by atoms with Crippen LogP contribution in [-0.4, -0.2) is 32.6 Å². The van der Waals surface area contributed by atoms with E-state index in [1.165, 1.54) is 0 Å². The minimum absolute atomic E-state index is 0.0114. The number of hydrogen-bond donors (Lipinski definition) is 8. The van der Waals surface area contributed by atoms with E-state index < -0.39 is 12.1 Å². The van der Waals surface area contributed by atoms with Crippen molar-refractivity contribution >= 4 is 12.1 Å². The number of benzene rings is 3. The van der Waals surface area contributed by atoms with E-state index in [4.69, 9.17) is 15.6 Å². The molecular weight excluding hydrogens is 512 g/mol. The Labute approximate surface area is 234 Å². The van der Waals surface area contributed by atoms with E-state index in [9.17, 15) is 9.59 Å². The molecule has 0 radical (unpaired) electrons. The summed E-state index contributed by atoms with van der Waals surface area (Å²) < 4.78 is 0. The molecule has 0 aliphatic heterocycles. The zero-order valence-corrected chi connectivity index (χ0v) is 23.0. The van der Waals surface area contributed by atoms with Gasteiger partial charge < -0.3 is 26.3 Å². The molecule has 0 saturated carbocycles. The first-order valence-corrected chi connectivity index (χ1v) is 12.9. The van der Waals surface area contributed by atoms with Crippen molar-refractivity contribution < 1.29 is 25.2 Å². The van der Waals surface area contributed by atoms with Gasteiger partial charge in [-0.3, -0.25) is 0 Å². The van der Waals surface area contributed by atoms with Crippen LogP contribution in [0.2, 0.25) is 0 Å². The fourth-order valence-electron chi connectivity index (χ4n) is 4.28. The molecule has 8 N–H and O–H groups in total. The van der Waals surface area contributed by atoms with Gasteiger partial charge in [-0.05, 0) is 70.8 Å². The molecule has 0 heterocycles. The number of imide groups is 1. The number of aryl methyl sites for hydroxylation is 3. The van der Waals surface area contributed by atoms with Crippen molar-refractivity contribution in [1.29, 1.82) is 0 Å². The maximum atomic E-state index is 13.3. The van der Waals surface area contributed by atoms with Crippen molar-refractivity contribution in [2.24, 2.45) is 0 Å². The fourth-order valence-corrected chi connectivity index (χ4v) is 4.28. The second-order valence-electron chi connectivity index (χ2n) is 9.69. The molecule has 0 atom stereocenters. The van der Waals surface area contributed by atoms with Crippen LogP contribution >= 0.6 is 0 Å². The van der Waals surface area contributed by atoms with Gasteiger partial charge in [-0.25, -0.2) is 30.9 Å². The Hall–Kier alpha value is -3.84. The summed E-state index contributed by atoms with van der Waals surface area (Å²) in [5.41, 5.74) is 14.4. The predicted octanol–water partition coefficient (Wildman–Crippen LogP) is 3.67. The van der Waals surface area contributed by atoms with Crippen molar-refractivity contribution in [3.63, 3.8) is 0 Å². The Morgan fingerprint density at radius 3 is 1.30 bits per heavy atom. The van der Waals surface area contributed by atoms with E-state index in [1.807, 2.05) is 75.4 Å². The van der Waals surface area contributed by atoms with E-state index in [0.29, 0.717) is 0 Å². The number of rotatable bonds is 12. The molecular formula is C29H38N6O5. The SMILES string of the molecule is Cc1ccc(CNC(=O)N(Cc2ccc(C)c(CNO)c2)C(=O)NCc2ccc(C)c(CNO)c2)cc1CNO. The second-order valence-corrected chi connectivity index (χ2v) is 9.69. The lowest BCUT2D eigenvalue weighted by molar-refractivity contribution is 0.161. The molecule has 4 amide bonds. The zero-order valence-electron chi connectivity index (χ0n) is 23.0. The highest BCUT2D eigenvalue weighted by atomic mass is 16.5. The maximum Gasteiger partial charge on any atom is 0.326 e. The van der Waals surface area contributed by atoms with Crippen LogP contribution < -0.4 is 27.1 Å². The largest absolute Gasteiger partial charge is 0.333 e. The third-order valence-corrected chi connectivity index (χ3v) is 6.77. The van der Waals surface area contributed by atoms with Crippen LogP contribution in [0.3, 0.4) is 0 Å². The molecule has 11 heteroatoms. The van der Waals surface area contributed by atoms with Crippen LogP contribution in [0.15, 0.2) is 54.6 Å². The number of amides is 4. The third kappa shape index (κ3) is 8.58. The molecule has 0 spiro atoms. The molecule has 40 heavy (non-hydrogen) atoms. The quantitative estimate of drug-likeness (QED) is 0.159. The molecule has 0 bridgehead atoms. The molecule has 0 unspecified atom stereocenters. The van der Waals surface area contributed by atoms with Crippen LogP contribution in [-0.2, 0) is 39.3 Å². The highest BCUT2D eigenvalue weighted by Crippen LogP contribution is 2.16. The number of carbonyl (C=O) groups is 2. The van der Waals surface area contributed by atoms with Gasteiger partial charge >= 0.3 is 12.1 Å². The molecule has 0 aromatic heterocycles. The summed E-state index contributed by atoms with van der Waals surface area (Å²) in [7, 11) is 0. The van der Waals surface area contributed by atoms with Crippen LogP contribution in [0.1, 0.15) is 50.1 Å². The summed E-state index contributed by atoms with van der Waals surface area (Å²) in [4.78, 5) is 27.8. The van der Waals surface area contributed by atoms with Crippen molar-refractivity contribution in [2.45, 2.75) is 60.0 Å². The van der Waals surface area contributed by atoms with Gasteiger partial charge in [0, 0.05) is 32.7 Å². The van der Waals surface area contributed by atoms with Crippen LogP contribution in [0, 0.1) is 20.8 Å². The Balaban J connectivity index is 1.78. The molecule has 0 fully saturated rings. The van der Waals surface area contributed by atoms with E-state index in [-0.39, 0.29) is 39.3 Å². The van der Waals surface area contributed by atoms with E-state index in [0.717, 1.165) is 55.0 Å². The fraction of sp³-hybridized carbons (Fsp3) is 0.310. The zero-order chi connectivity index (χ0) is 29.1. The third-order valence-electron chi connectivity index (χ3n) is 6.77. The van der Waals surface area contributed by atoms with Crippen molar-refractivity contribution in [3.05, 3.63) is 105 Å². The first-order chi connectivity index (χ1) is 19.2. The van der Waals surface area contributed by atoms with Crippen LogP contribution in [0.5, 0.6) is 0 Å². The Morgan fingerprint density at radius 1 is 0.575 bits per heavy atom. The summed E-state index contributed by atoms with van der Waals surface area (Å²) in [5, 5.41) is 33.0. The summed E-state index contributed by atoms with van der Waals surface area (Å²) in [5.74, 6) is 0.